The van der Waals surface area contributed by atoms with E-state index in [0.29, 0.717) is 17.8 Å². The van der Waals surface area contributed by atoms with Gasteiger partial charge in [0.2, 0.25) is 0 Å². The van der Waals surface area contributed by atoms with Crippen molar-refractivity contribution in [2.75, 3.05) is 0 Å². The second-order valence-corrected chi connectivity index (χ2v) is 19.3. The van der Waals surface area contributed by atoms with Gasteiger partial charge in [0.15, 0.2) is 11.2 Å². The van der Waals surface area contributed by atoms with E-state index in [9.17, 15) is 0 Å². The van der Waals surface area contributed by atoms with Crippen molar-refractivity contribution in [3.63, 3.8) is 0 Å². The summed E-state index contributed by atoms with van der Waals surface area (Å²) in [5.74, 6) is 2.01. The van der Waals surface area contributed by atoms with Gasteiger partial charge in [-0.2, -0.15) is 0 Å². The standard InChI is InChI=1S/C39H33N2.C26H18NO2.Ir/c1-25(2)34-23-31(27-12-6-5-7-13-27)24-35(26(3)4)38(34)41-37-17-11-10-16-36(37)40-39(41)30-20-21-33-29(22-30)19-18-28-14-8-9-15-32(28)33;1-15(2)16-12-13-27-22(14-16)21-8-5-7-18-20-11-10-19-17-6-3-4-9-23(17)28-25(19)26(20)29-24(18)21;/h5-19,21-26H,1-4H3;3-7,9-15H,1-2H3;/q2*-1;. The monoisotopic (exact) mass is 1100 g/mol. The number of nitrogens with zero attached hydrogens (tertiary/aromatic N) is 3. The molecule has 0 aliphatic heterocycles. The molecular formula is C65H51IrN3O2-2. The fraction of sp³-hybridized carbons (Fsp3) is 0.138. The van der Waals surface area contributed by atoms with Gasteiger partial charge in [-0.15, -0.1) is 47.3 Å². The number of imidazole rings is 1. The van der Waals surface area contributed by atoms with Crippen LogP contribution in [0.25, 0.3) is 116 Å². The molecule has 5 nitrogen and oxygen atoms in total. The molecule has 0 aliphatic rings. The van der Waals surface area contributed by atoms with Gasteiger partial charge in [-0.1, -0.05) is 178 Å². The SMILES string of the molecule is CC(C)c1cc(-c2ccccc2)cc(C(C)C)c1-n1c(-c2[c-]cc3c(ccc4ccccc43)c2)nc2ccccc21.CC(C)c1ccnc(-c2[c-]ccc3c2oc2c3ccc3c4ccccc4oc32)c1.[Ir]. The molecule has 0 amide bonds. The van der Waals surface area contributed by atoms with E-state index in [4.69, 9.17) is 13.8 Å². The molecule has 0 atom stereocenters. The molecule has 0 bridgehead atoms. The number of aromatic nitrogens is 3. The molecule has 0 N–H and O–H groups in total. The molecule has 0 spiro atoms. The summed E-state index contributed by atoms with van der Waals surface area (Å²) < 4.78 is 15.0. The van der Waals surface area contributed by atoms with Crippen LogP contribution in [-0.2, 0) is 20.1 Å². The maximum Gasteiger partial charge on any atom is 0.177 e. The van der Waals surface area contributed by atoms with Crippen molar-refractivity contribution in [2.24, 2.45) is 0 Å². The minimum Gasteiger partial charge on any atom is -0.497 e. The molecule has 0 fully saturated rings. The Morgan fingerprint density at radius 3 is 1.94 bits per heavy atom. The Bertz CT molecular complexity index is 4090. The zero-order valence-corrected chi connectivity index (χ0v) is 42.9. The molecule has 349 valence electrons. The van der Waals surface area contributed by atoms with E-state index in [1.165, 1.54) is 55.0 Å². The average Bonchev–Trinajstić information content (AvgIpc) is 4.10. The molecule has 0 saturated heterocycles. The van der Waals surface area contributed by atoms with Crippen LogP contribution in [0.2, 0.25) is 0 Å². The van der Waals surface area contributed by atoms with Gasteiger partial charge in [-0.3, -0.25) is 4.98 Å². The van der Waals surface area contributed by atoms with E-state index in [2.05, 4.69) is 209 Å². The first-order valence-corrected chi connectivity index (χ1v) is 24.4. The zero-order valence-electron chi connectivity index (χ0n) is 40.5. The normalized spacial score (nSPS) is 11.8. The number of furan rings is 2. The molecule has 4 heterocycles. The predicted octanol–water partition coefficient (Wildman–Crippen LogP) is 18.2. The number of hydrogen-bond acceptors (Lipinski definition) is 4. The molecule has 13 aromatic rings. The number of hydrogen-bond donors (Lipinski definition) is 0. The van der Waals surface area contributed by atoms with Crippen molar-refractivity contribution in [2.45, 2.75) is 59.3 Å². The molecule has 0 saturated carbocycles. The van der Waals surface area contributed by atoms with E-state index >= 15 is 0 Å². The summed E-state index contributed by atoms with van der Waals surface area (Å²) in [6, 6.07) is 68.9. The van der Waals surface area contributed by atoms with Crippen LogP contribution in [0.4, 0.5) is 0 Å². The minimum absolute atomic E-state index is 0. The molecule has 4 aromatic heterocycles. The molecule has 71 heavy (non-hydrogen) atoms. The topological polar surface area (TPSA) is 57.0 Å². The van der Waals surface area contributed by atoms with Crippen LogP contribution < -0.4 is 0 Å². The largest absolute Gasteiger partial charge is 0.497 e. The maximum absolute atomic E-state index is 6.42. The van der Waals surface area contributed by atoms with Gasteiger partial charge in [0, 0.05) is 48.1 Å². The van der Waals surface area contributed by atoms with Crippen LogP contribution >= 0.6 is 0 Å². The second kappa shape index (κ2) is 18.6. The van der Waals surface area contributed by atoms with Crippen LogP contribution in [0, 0.1) is 12.1 Å². The molecule has 0 aliphatic carbocycles. The van der Waals surface area contributed by atoms with Gasteiger partial charge in [0.25, 0.3) is 0 Å². The Morgan fingerprint density at radius 1 is 0.507 bits per heavy atom. The van der Waals surface area contributed by atoms with Crippen LogP contribution in [0.15, 0.2) is 191 Å². The molecule has 6 heteroatoms. The van der Waals surface area contributed by atoms with Crippen molar-refractivity contribution in [1.29, 1.82) is 0 Å². The van der Waals surface area contributed by atoms with Crippen LogP contribution in [-0.4, -0.2) is 14.5 Å². The van der Waals surface area contributed by atoms with Gasteiger partial charge >= 0.3 is 0 Å². The number of fused-ring (bicyclic) bond motifs is 11. The van der Waals surface area contributed by atoms with Gasteiger partial charge in [0.1, 0.15) is 5.58 Å². The fourth-order valence-corrected chi connectivity index (χ4v) is 10.2. The number of para-hydroxylation sites is 3. The van der Waals surface area contributed by atoms with Crippen LogP contribution in [0.1, 0.15) is 76.0 Å². The smallest absolute Gasteiger partial charge is 0.177 e. The Labute approximate surface area is 427 Å². The molecule has 0 unspecified atom stereocenters. The third kappa shape index (κ3) is 8.02. The Kier molecular flexibility index (Phi) is 12.0. The van der Waals surface area contributed by atoms with E-state index in [1.807, 2.05) is 36.5 Å². The van der Waals surface area contributed by atoms with Crippen molar-refractivity contribution in [1.82, 2.24) is 14.5 Å². The van der Waals surface area contributed by atoms with Gasteiger partial charge < -0.3 is 18.4 Å². The Balaban J connectivity index is 0.000000160. The molecule has 13 rings (SSSR count). The van der Waals surface area contributed by atoms with Crippen molar-refractivity contribution in [3.05, 3.63) is 211 Å². The number of pyridine rings is 1. The van der Waals surface area contributed by atoms with Crippen molar-refractivity contribution < 1.29 is 28.9 Å². The first-order chi connectivity index (χ1) is 34.2. The van der Waals surface area contributed by atoms with E-state index in [-0.39, 0.29) is 20.1 Å². The minimum atomic E-state index is 0. The average molecular weight is 1100 g/mol. The molecule has 1 radical (unpaired) electrons. The van der Waals surface area contributed by atoms with Gasteiger partial charge in [0.05, 0.1) is 22.4 Å². The van der Waals surface area contributed by atoms with E-state index in [0.717, 1.165) is 77.6 Å². The second-order valence-electron chi connectivity index (χ2n) is 19.3. The quantitative estimate of drug-likeness (QED) is 0.118. The zero-order chi connectivity index (χ0) is 47.6. The summed E-state index contributed by atoms with van der Waals surface area (Å²) in [6.45, 7) is 13.5. The predicted molar refractivity (Wildman–Crippen MR) is 291 cm³/mol. The summed E-state index contributed by atoms with van der Waals surface area (Å²) in [6.07, 6.45) is 1.86. The Hall–Kier alpha value is -7.63. The summed E-state index contributed by atoms with van der Waals surface area (Å²) in [5, 5.41) is 9.17. The van der Waals surface area contributed by atoms with Gasteiger partial charge in [-0.05, 0) is 93.6 Å². The summed E-state index contributed by atoms with van der Waals surface area (Å²) in [5.41, 5.74) is 15.7. The number of rotatable bonds is 7. The summed E-state index contributed by atoms with van der Waals surface area (Å²) in [7, 11) is 0. The van der Waals surface area contributed by atoms with Crippen molar-refractivity contribution >= 4 is 76.5 Å². The van der Waals surface area contributed by atoms with Crippen LogP contribution in [0.5, 0.6) is 0 Å². The van der Waals surface area contributed by atoms with Gasteiger partial charge in [-0.25, -0.2) is 0 Å². The van der Waals surface area contributed by atoms with E-state index in [1.54, 1.807) is 0 Å². The molecular weight excluding hydrogens is 1050 g/mol. The Morgan fingerprint density at radius 2 is 1.17 bits per heavy atom. The first-order valence-electron chi connectivity index (χ1n) is 24.4. The number of benzene rings is 9. The molecule has 9 aromatic carbocycles. The third-order valence-corrected chi connectivity index (χ3v) is 13.9. The third-order valence-electron chi connectivity index (χ3n) is 13.9. The summed E-state index contributed by atoms with van der Waals surface area (Å²) >= 11 is 0. The maximum atomic E-state index is 6.42. The van der Waals surface area contributed by atoms with Crippen molar-refractivity contribution in [3.8, 4) is 39.5 Å². The van der Waals surface area contributed by atoms with E-state index < -0.39 is 0 Å². The first kappa shape index (κ1) is 45.8. The summed E-state index contributed by atoms with van der Waals surface area (Å²) in [4.78, 5) is 9.84. The van der Waals surface area contributed by atoms with Crippen LogP contribution in [0.3, 0.4) is 0 Å². The fourth-order valence-electron chi connectivity index (χ4n) is 10.2.